The summed E-state index contributed by atoms with van der Waals surface area (Å²) < 4.78 is 12.8. The van der Waals surface area contributed by atoms with E-state index in [0.29, 0.717) is 6.54 Å². The van der Waals surface area contributed by atoms with Crippen LogP contribution in [0.15, 0.2) is 30.7 Å². The third kappa shape index (κ3) is 3.38. The van der Waals surface area contributed by atoms with Gasteiger partial charge in [0.2, 0.25) is 5.95 Å². The SMILES string of the molecule is O=C(NCCCc1ncc[nH]1)c1ccnc(F)c1. The first kappa shape index (κ1) is 12.2. The van der Waals surface area contributed by atoms with Gasteiger partial charge in [0, 0.05) is 43.2 Å². The number of pyridine rings is 1. The van der Waals surface area contributed by atoms with Crippen LogP contribution in [0.25, 0.3) is 0 Å². The van der Waals surface area contributed by atoms with E-state index >= 15 is 0 Å². The average molecular weight is 248 g/mol. The minimum atomic E-state index is -0.654. The number of aromatic amines is 1. The average Bonchev–Trinajstić information content (AvgIpc) is 2.87. The number of amides is 1. The summed E-state index contributed by atoms with van der Waals surface area (Å²) in [7, 11) is 0. The number of hydrogen-bond acceptors (Lipinski definition) is 3. The summed E-state index contributed by atoms with van der Waals surface area (Å²) >= 11 is 0. The zero-order valence-corrected chi connectivity index (χ0v) is 9.69. The molecular formula is C12H13FN4O. The maximum Gasteiger partial charge on any atom is 0.251 e. The minimum Gasteiger partial charge on any atom is -0.352 e. The lowest BCUT2D eigenvalue weighted by molar-refractivity contribution is 0.0952. The second-order valence-corrected chi connectivity index (χ2v) is 3.76. The Morgan fingerprint density at radius 3 is 3.00 bits per heavy atom. The van der Waals surface area contributed by atoms with Crippen molar-refractivity contribution in [1.29, 1.82) is 0 Å². The molecule has 0 saturated carbocycles. The van der Waals surface area contributed by atoms with E-state index in [1.165, 1.54) is 12.3 Å². The van der Waals surface area contributed by atoms with Gasteiger partial charge in [0.15, 0.2) is 0 Å². The third-order valence-corrected chi connectivity index (χ3v) is 2.42. The van der Waals surface area contributed by atoms with E-state index in [4.69, 9.17) is 0 Å². The molecule has 0 aliphatic rings. The summed E-state index contributed by atoms with van der Waals surface area (Å²) in [6.07, 6.45) is 6.25. The van der Waals surface area contributed by atoms with Gasteiger partial charge in [-0.25, -0.2) is 9.97 Å². The Kier molecular flexibility index (Phi) is 4.01. The first-order chi connectivity index (χ1) is 8.75. The topological polar surface area (TPSA) is 70.7 Å². The van der Waals surface area contributed by atoms with Crippen LogP contribution in [0.4, 0.5) is 4.39 Å². The van der Waals surface area contributed by atoms with Crippen LogP contribution < -0.4 is 5.32 Å². The molecule has 0 aromatic carbocycles. The highest BCUT2D eigenvalue weighted by atomic mass is 19.1. The van der Waals surface area contributed by atoms with E-state index < -0.39 is 5.95 Å². The van der Waals surface area contributed by atoms with E-state index in [1.54, 1.807) is 12.4 Å². The smallest absolute Gasteiger partial charge is 0.251 e. The van der Waals surface area contributed by atoms with Crippen LogP contribution in [-0.2, 0) is 6.42 Å². The minimum absolute atomic E-state index is 0.278. The van der Waals surface area contributed by atoms with Gasteiger partial charge in [-0.1, -0.05) is 0 Å². The standard InChI is InChI=1S/C12H13FN4O/c13-10-8-9(3-5-14-10)12(18)17-4-1-2-11-15-6-7-16-11/h3,5-8H,1-2,4H2,(H,15,16)(H,17,18). The lowest BCUT2D eigenvalue weighted by Crippen LogP contribution is -2.25. The number of hydrogen-bond donors (Lipinski definition) is 2. The summed E-state index contributed by atoms with van der Waals surface area (Å²) in [6.45, 7) is 0.517. The number of carbonyl (C=O) groups excluding carboxylic acids is 1. The Morgan fingerprint density at radius 1 is 1.39 bits per heavy atom. The molecule has 2 aromatic rings. The highest BCUT2D eigenvalue weighted by molar-refractivity contribution is 5.93. The van der Waals surface area contributed by atoms with Crippen molar-refractivity contribution >= 4 is 5.91 Å². The van der Waals surface area contributed by atoms with Crippen molar-refractivity contribution in [3.8, 4) is 0 Å². The van der Waals surface area contributed by atoms with Gasteiger partial charge in [0.05, 0.1) is 0 Å². The van der Waals surface area contributed by atoms with Crippen LogP contribution in [0.1, 0.15) is 22.6 Å². The zero-order valence-electron chi connectivity index (χ0n) is 9.69. The molecule has 2 aromatic heterocycles. The van der Waals surface area contributed by atoms with Gasteiger partial charge in [-0.3, -0.25) is 4.79 Å². The number of imidazole rings is 1. The molecule has 0 fully saturated rings. The van der Waals surface area contributed by atoms with Crippen molar-refractivity contribution in [2.45, 2.75) is 12.8 Å². The summed E-state index contributed by atoms with van der Waals surface area (Å²) in [5.74, 6) is -0.0619. The number of nitrogens with zero attached hydrogens (tertiary/aromatic N) is 2. The molecule has 2 heterocycles. The van der Waals surface area contributed by atoms with Gasteiger partial charge in [-0.05, 0) is 12.5 Å². The van der Waals surface area contributed by atoms with Crippen LogP contribution in [0.5, 0.6) is 0 Å². The van der Waals surface area contributed by atoms with E-state index in [0.717, 1.165) is 24.7 Å². The van der Waals surface area contributed by atoms with Gasteiger partial charge in [-0.2, -0.15) is 4.39 Å². The number of rotatable bonds is 5. The molecule has 1 amide bonds. The van der Waals surface area contributed by atoms with Crippen LogP contribution in [0, 0.1) is 5.95 Å². The Hall–Kier alpha value is -2.24. The van der Waals surface area contributed by atoms with Gasteiger partial charge in [0.25, 0.3) is 5.91 Å². The fraction of sp³-hybridized carbons (Fsp3) is 0.250. The normalized spacial score (nSPS) is 10.3. The second kappa shape index (κ2) is 5.90. The molecule has 0 unspecified atom stereocenters. The summed E-state index contributed by atoms with van der Waals surface area (Å²) in [5.41, 5.74) is 0.278. The largest absolute Gasteiger partial charge is 0.352 e. The Bertz CT molecular complexity index is 513. The van der Waals surface area contributed by atoms with E-state index in [-0.39, 0.29) is 11.5 Å². The highest BCUT2D eigenvalue weighted by Crippen LogP contribution is 2.00. The summed E-state index contributed by atoms with van der Waals surface area (Å²) in [6, 6.07) is 2.59. The monoisotopic (exact) mass is 248 g/mol. The molecule has 6 heteroatoms. The summed E-state index contributed by atoms with van der Waals surface area (Å²) in [5, 5.41) is 2.71. The zero-order chi connectivity index (χ0) is 12.8. The highest BCUT2D eigenvalue weighted by Gasteiger charge is 2.06. The molecule has 94 valence electrons. The van der Waals surface area contributed by atoms with Gasteiger partial charge >= 0.3 is 0 Å². The molecule has 0 aliphatic heterocycles. The van der Waals surface area contributed by atoms with Gasteiger partial charge < -0.3 is 10.3 Å². The van der Waals surface area contributed by atoms with Crippen LogP contribution in [0.3, 0.4) is 0 Å². The van der Waals surface area contributed by atoms with Crippen LogP contribution >= 0.6 is 0 Å². The number of aromatic nitrogens is 3. The lowest BCUT2D eigenvalue weighted by Gasteiger charge is -2.04. The molecule has 5 nitrogen and oxygen atoms in total. The van der Waals surface area contributed by atoms with Crippen molar-refractivity contribution in [3.05, 3.63) is 48.1 Å². The number of H-pyrrole nitrogens is 1. The fourth-order valence-electron chi connectivity index (χ4n) is 1.54. The molecule has 0 atom stereocenters. The molecule has 0 aliphatic carbocycles. The molecule has 0 radical (unpaired) electrons. The fourth-order valence-corrected chi connectivity index (χ4v) is 1.54. The third-order valence-electron chi connectivity index (χ3n) is 2.42. The summed E-state index contributed by atoms with van der Waals surface area (Å²) in [4.78, 5) is 22.1. The number of carbonyl (C=O) groups is 1. The Morgan fingerprint density at radius 2 is 2.28 bits per heavy atom. The van der Waals surface area contributed by atoms with Crippen molar-refractivity contribution < 1.29 is 9.18 Å². The predicted octanol–water partition coefficient (Wildman–Crippen LogP) is 1.31. The molecular weight excluding hydrogens is 235 g/mol. The predicted molar refractivity (Wildman–Crippen MR) is 63.4 cm³/mol. The Labute approximate surface area is 103 Å². The molecule has 18 heavy (non-hydrogen) atoms. The van der Waals surface area contributed by atoms with E-state index in [9.17, 15) is 9.18 Å². The number of halogens is 1. The number of aryl methyl sites for hydroxylation is 1. The van der Waals surface area contributed by atoms with Crippen molar-refractivity contribution in [1.82, 2.24) is 20.3 Å². The molecule has 2 rings (SSSR count). The molecule has 2 N–H and O–H groups in total. The molecule has 0 spiro atoms. The maximum absolute atomic E-state index is 12.8. The number of nitrogens with one attached hydrogen (secondary N) is 2. The Balaban J connectivity index is 1.75. The maximum atomic E-state index is 12.8. The van der Waals surface area contributed by atoms with Crippen molar-refractivity contribution in [2.75, 3.05) is 6.54 Å². The second-order valence-electron chi connectivity index (χ2n) is 3.76. The quantitative estimate of drug-likeness (QED) is 0.619. The van der Waals surface area contributed by atoms with Gasteiger partial charge in [0.1, 0.15) is 5.82 Å². The van der Waals surface area contributed by atoms with Crippen molar-refractivity contribution in [3.63, 3.8) is 0 Å². The lowest BCUT2D eigenvalue weighted by atomic mass is 10.2. The molecule has 0 saturated heterocycles. The van der Waals surface area contributed by atoms with E-state index in [1.807, 2.05) is 0 Å². The van der Waals surface area contributed by atoms with Gasteiger partial charge in [-0.15, -0.1) is 0 Å². The first-order valence-electron chi connectivity index (χ1n) is 5.64. The first-order valence-corrected chi connectivity index (χ1v) is 5.64. The van der Waals surface area contributed by atoms with Crippen molar-refractivity contribution in [2.24, 2.45) is 0 Å². The van der Waals surface area contributed by atoms with Crippen LogP contribution in [0.2, 0.25) is 0 Å². The van der Waals surface area contributed by atoms with E-state index in [2.05, 4.69) is 20.3 Å². The van der Waals surface area contributed by atoms with Crippen LogP contribution in [-0.4, -0.2) is 27.4 Å². The molecule has 0 bridgehead atoms.